The SMILES string of the molecule is O=C(COC(F)(F)F)C(C[C@@H]1CCNC1=O)NC(=O)[C@@H]1[C@H]2CCC[C@H]2CN1C(=O)c1cc(C(F)F)on1. The molecule has 0 bridgehead atoms. The number of hydrogen-bond donors (Lipinski definition) is 2. The standard InChI is InChI=1S/C22H25F5N4O6/c23-18(24)16-7-14(30-37-16)21(35)31-8-11-2-1-3-12(11)17(31)20(34)29-13(6-10-4-5-28-19(10)33)15(32)9-36-22(25,26)27/h7,10-13,17-18H,1-6,8-9H2,(H,28,33)(H,29,34)/t10-,11-,12-,13?,17-/m0/s1. The molecule has 204 valence electrons. The van der Waals surface area contributed by atoms with E-state index >= 15 is 0 Å². The lowest BCUT2D eigenvalue weighted by molar-refractivity contribution is -0.321. The van der Waals surface area contributed by atoms with Crippen LogP contribution < -0.4 is 10.6 Å². The highest BCUT2D eigenvalue weighted by Crippen LogP contribution is 2.43. The molecule has 1 aromatic heterocycles. The van der Waals surface area contributed by atoms with E-state index in [-0.39, 0.29) is 24.8 Å². The van der Waals surface area contributed by atoms with Crippen molar-refractivity contribution >= 4 is 23.5 Å². The molecule has 4 rings (SSSR count). The van der Waals surface area contributed by atoms with Crippen LogP contribution in [0.2, 0.25) is 0 Å². The molecule has 0 aromatic carbocycles. The number of hydrogen-bond acceptors (Lipinski definition) is 7. The van der Waals surface area contributed by atoms with Gasteiger partial charge in [-0.2, -0.15) is 0 Å². The van der Waals surface area contributed by atoms with E-state index in [0.29, 0.717) is 25.8 Å². The number of carbonyl (C=O) groups is 4. The Balaban J connectivity index is 1.53. The van der Waals surface area contributed by atoms with Gasteiger partial charge in [0.05, 0.1) is 6.04 Å². The van der Waals surface area contributed by atoms with Crippen LogP contribution in [0.3, 0.4) is 0 Å². The fourth-order valence-corrected chi connectivity index (χ4v) is 5.43. The summed E-state index contributed by atoms with van der Waals surface area (Å²) in [6.07, 6.45) is -5.91. The van der Waals surface area contributed by atoms with Crippen LogP contribution in [0.1, 0.15) is 54.8 Å². The third kappa shape index (κ3) is 6.08. The van der Waals surface area contributed by atoms with E-state index < -0.39 is 72.4 Å². The van der Waals surface area contributed by atoms with E-state index in [0.717, 1.165) is 12.5 Å². The predicted octanol–water partition coefficient (Wildman–Crippen LogP) is 1.97. The molecule has 3 amide bonds. The highest BCUT2D eigenvalue weighted by molar-refractivity contribution is 5.98. The summed E-state index contributed by atoms with van der Waals surface area (Å²) in [5.41, 5.74) is -0.415. The minimum atomic E-state index is -5.07. The first-order chi connectivity index (χ1) is 17.4. The second kappa shape index (κ2) is 10.7. The van der Waals surface area contributed by atoms with Crippen LogP contribution in [0, 0.1) is 17.8 Å². The van der Waals surface area contributed by atoms with Crippen LogP contribution in [-0.2, 0) is 19.1 Å². The quantitative estimate of drug-likeness (QED) is 0.462. The predicted molar refractivity (Wildman–Crippen MR) is 112 cm³/mol. The molecule has 3 aliphatic rings. The van der Waals surface area contributed by atoms with Crippen molar-refractivity contribution in [2.24, 2.45) is 17.8 Å². The molecule has 3 heterocycles. The van der Waals surface area contributed by atoms with Gasteiger partial charge < -0.3 is 20.1 Å². The minimum absolute atomic E-state index is 0.0653. The Bertz CT molecular complexity index is 1050. The average Bonchev–Trinajstić information content (AvgIpc) is 3.60. The first kappa shape index (κ1) is 26.9. The van der Waals surface area contributed by atoms with Crippen molar-refractivity contribution in [3.05, 3.63) is 17.5 Å². The van der Waals surface area contributed by atoms with E-state index in [1.165, 1.54) is 4.90 Å². The van der Waals surface area contributed by atoms with Crippen molar-refractivity contribution in [3.8, 4) is 0 Å². The molecule has 0 spiro atoms. The maximum absolute atomic E-state index is 13.4. The van der Waals surface area contributed by atoms with Crippen molar-refractivity contribution < 1.29 is 50.4 Å². The number of likely N-dealkylation sites (tertiary alicyclic amines) is 1. The number of Topliss-reactive ketones (excluding diaryl/α,β-unsaturated/α-hetero) is 1. The van der Waals surface area contributed by atoms with Crippen molar-refractivity contribution in [2.75, 3.05) is 19.7 Å². The molecule has 15 heteroatoms. The molecular formula is C22H25F5N4O6. The van der Waals surface area contributed by atoms with Crippen molar-refractivity contribution in [2.45, 2.75) is 57.0 Å². The molecule has 2 saturated heterocycles. The Morgan fingerprint density at radius 1 is 1.24 bits per heavy atom. The molecular weight excluding hydrogens is 511 g/mol. The number of fused-ring (bicyclic) bond motifs is 1. The molecule has 1 unspecified atom stereocenters. The van der Waals surface area contributed by atoms with Gasteiger partial charge in [-0.1, -0.05) is 11.6 Å². The van der Waals surface area contributed by atoms with Gasteiger partial charge in [0.2, 0.25) is 17.6 Å². The number of ether oxygens (including phenoxy) is 1. The van der Waals surface area contributed by atoms with E-state index in [9.17, 15) is 41.1 Å². The van der Waals surface area contributed by atoms with Gasteiger partial charge >= 0.3 is 6.36 Å². The Morgan fingerprint density at radius 3 is 2.62 bits per heavy atom. The molecule has 1 aromatic rings. The van der Waals surface area contributed by atoms with Crippen LogP contribution in [0.4, 0.5) is 22.0 Å². The van der Waals surface area contributed by atoms with Gasteiger partial charge in [0.15, 0.2) is 11.5 Å². The van der Waals surface area contributed by atoms with Crippen LogP contribution in [-0.4, -0.2) is 71.7 Å². The van der Waals surface area contributed by atoms with E-state index in [1.54, 1.807) is 0 Å². The largest absolute Gasteiger partial charge is 0.522 e. The lowest BCUT2D eigenvalue weighted by atomic mass is 9.92. The maximum atomic E-state index is 13.4. The molecule has 10 nitrogen and oxygen atoms in total. The number of amides is 3. The van der Waals surface area contributed by atoms with E-state index in [4.69, 9.17) is 0 Å². The molecule has 2 aliphatic heterocycles. The van der Waals surface area contributed by atoms with Gasteiger partial charge in [0.25, 0.3) is 12.3 Å². The normalized spacial score (nSPS) is 26.3. The molecule has 37 heavy (non-hydrogen) atoms. The van der Waals surface area contributed by atoms with Crippen LogP contribution >= 0.6 is 0 Å². The number of nitrogens with one attached hydrogen (secondary N) is 2. The van der Waals surface area contributed by atoms with Gasteiger partial charge in [0, 0.05) is 25.1 Å². The second-order valence-corrected chi connectivity index (χ2v) is 9.45. The number of alkyl halides is 5. The zero-order chi connectivity index (χ0) is 26.9. The topological polar surface area (TPSA) is 131 Å². The summed E-state index contributed by atoms with van der Waals surface area (Å²) in [5, 5.41) is 8.39. The fraction of sp³-hybridized carbons (Fsp3) is 0.682. The fourth-order valence-electron chi connectivity index (χ4n) is 5.43. The summed E-state index contributed by atoms with van der Waals surface area (Å²) in [6.45, 7) is -0.902. The third-order valence-corrected chi connectivity index (χ3v) is 7.15. The first-order valence-corrected chi connectivity index (χ1v) is 11.8. The zero-order valence-electron chi connectivity index (χ0n) is 19.4. The molecule has 0 radical (unpaired) electrons. The summed E-state index contributed by atoms with van der Waals surface area (Å²) in [6, 6.07) is -1.79. The van der Waals surface area contributed by atoms with Crippen LogP contribution in [0.25, 0.3) is 0 Å². The van der Waals surface area contributed by atoms with Crippen molar-refractivity contribution in [1.82, 2.24) is 20.7 Å². The Kier molecular flexibility index (Phi) is 7.80. The monoisotopic (exact) mass is 536 g/mol. The Hall–Kier alpha value is -3.10. The smallest absolute Gasteiger partial charge is 0.356 e. The maximum Gasteiger partial charge on any atom is 0.522 e. The Morgan fingerprint density at radius 2 is 2.00 bits per heavy atom. The van der Waals surface area contributed by atoms with Crippen molar-refractivity contribution in [1.29, 1.82) is 0 Å². The summed E-state index contributed by atoms with van der Waals surface area (Å²) >= 11 is 0. The number of aromatic nitrogens is 1. The third-order valence-electron chi connectivity index (χ3n) is 7.15. The zero-order valence-corrected chi connectivity index (χ0v) is 19.4. The summed E-state index contributed by atoms with van der Waals surface area (Å²) in [4.78, 5) is 52.3. The van der Waals surface area contributed by atoms with Gasteiger partial charge in [-0.3, -0.25) is 23.9 Å². The van der Waals surface area contributed by atoms with Crippen molar-refractivity contribution in [3.63, 3.8) is 0 Å². The van der Waals surface area contributed by atoms with Gasteiger partial charge in [-0.05, 0) is 37.5 Å². The van der Waals surface area contributed by atoms with E-state index in [2.05, 4.69) is 25.1 Å². The second-order valence-electron chi connectivity index (χ2n) is 9.45. The number of ketones is 1. The first-order valence-electron chi connectivity index (χ1n) is 11.8. The van der Waals surface area contributed by atoms with Gasteiger partial charge in [-0.25, -0.2) is 8.78 Å². The molecule has 5 atom stereocenters. The number of rotatable bonds is 9. The van der Waals surface area contributed by atoms with Crippen LogP contribution in [0.5, 0.6) is 0 Å². The lowest BCUT2D eigenvalue weighted by Crippen LogP contribution is -2.54. The number of nitrogens with zero attached hydrogens (tertiary/aromatic N) is 2. The molecule has 3 fully saturated rings. The van der Waals surface area contributed by atoms with Crippen LogP contribution in [0.15, 0.2) is 10.6 Å². The van der Waals surface area contributed by atoms with Gasteiger partial charge in [0.1, 0.15) is 12.6 Å². The average molecular weight is 536 g/mol. The highest BCUT2D eigenvalue weighted by Gasteiger charge is 2.50. The molecule has 1 aliphatic carbocycles. The van der Waals surface area contributed by atoms with E-state index in [1.807, 2.05) is 0 Å². The van der Waals surface area contributed by atoms with Gasteiger partial charge in [-0.15, -0.1) is 13.2 Å². The molecule has 1 saturated carbocycles. The lowest BCUT2D eigenvalue weighted by Gasteiger charge is -2.29. The highest BCUT2D eigenvalue weighted by atomic mass is 19.4. The Labute approximate surface area is 207 Å². The molecule has 2 N–H and O–H groups in total. The summed E-state index contributed by atoms with van der Waals surface area (Å²) in [5.74, 6) is -4.96. The number of halogens is 5. The summed E-state index contributed by atoms with van der Waals surface area (Å²) < 4.78 is 71.5. The summed E-state index contributed by atoms with van der Waals surface area (Å²) in [7, 11) is 0. The minimum Gasteiger partial charge on any atom is -0.356 e. The number of carbonyl (C=O) groups excluding carboxylic acids is 4.